The van der Waals surface area contributed by atoms with Crippen molar-refractivity contribution in [1.82, 2.24) is 9.97 Å². The largest absolute Gasteiger partial charge is 0.486 e. The normalized spacial score (nSPS) is 12.8. The van der Waals surface area contributed by atoms with Gasteiger partial charge in [-0.25, -0.2) is 4.98 Å². The molecule has 0 unspecified atom stereocenters. The molecule has 2 N–H and O–H groups in total. The first-order valence-electron chi connectivity index (χ1n) is 6.04. The lowest BCUT2D eigenvalue weighted by Crippen LogP contribution is -2.16. The third-order valence-electron chi connectivity index (χ3n) is 2.82. The van der Waals surface area contributed by atoms with Gasteiger partial charge in [0.25, 0.3) is 0 Å². The van der Waals surface area contributed by atoms with Gasteiger partial charge in [0.2, 0.25) is 5.82 Å². The molecular formula is C12H10N4O5. The number of ether oxygens (including phenoxy) is 2. The molecule has 3 rings (SSSR count). The minimum atomic E-state index is -0.824. The first-order valence-corrected chi connectivity index (χ1v) is 6.04. The molecule has 0 bridgehead atoms. The molecule has 0 atom stereocenters. The van der Waals surface area contributed by atoms with Gasteiger partial charge < -0.3 is 19.8 Å². The summed E-state index contributed by atoms with van der Waals surface area (Å²) in [7, 11) is 0. The van der Waals surface area contributed by atoms with Crippen molar-refractivity contribution in [1.29, 1.82) is 0 Å². The summed E-state index contributed by atoms with van der Waals surface area (Å²) in [6.07, 6.45) is 1.09. The summed E-state index contributed by atoms with van der Waals surface area (Å²) in [6.45, 7) is 0.903. The molecule has 9 heteroatoms. The minimum Gasteiger partial charge on any atom is -0.486 e. The average molecular weight is 290 g/mol. The number of hydrogen-bond acceptors (Lipinski definition) is 7. The van der Waals surface area contributed by atoms with Crippen molar-refractivity contribution in [3.63, 3.8) is 0 Å². The number of nitrogens with zero attached hydrogens (tertiary/aromatic N) is 2. The van der Waals surface area contributed by atoms with Crippen LogP contribution in [0.2, 0.25) is 0 Å². The second-order valence-corrected chi connectivity index (χ2v) is 4.17. The Hall–Kier alpha value is -3.10. The van der Waals surface area contributed by atoms with Gasteiger partial charge in [0, 0.05) is 11.8 Å². The number of nitrogens with one attached hydrogen (secondary N) is 2. The van der Waals surface area contributed by atoms with E-state index in [1.165, 1.54) is 0 Å². The van der Waals surface area contributed by atoms with Crippen LogP contribution in [0.4, 0.5) is 17.2 Å². The molecule has 2 aromatic rings. The number of H-pyrrole nitrogens is 1. The summed E-state index contributed by atoms with van der Waals surface area (Å²) in [5.41, 5.74) is -0.970. The number of anilines is 2. The molecule has 1 aromatic carbocycles. The van der Waals surface area contributed by atoms with Crippen LogP contribution in [0.1, 0.15) is 0 Å². The maximum atomic E-state index is 11.5. The number of nitro groups is 1. The molecule has 0 aliphatic carbocycles. The smallest absolute Gasteiger partial charge is 0.376 e. The summed E-state index contributed by atoms with van der Waals surface area (Å²) < 4.78 is 10.8. The van der Waals surface area contributed by atoms with Gasteiger partial charge in [0.1, 0.15) is 13.2 Å². The molecule has 1 aliphatic heterocycles. The Morgan fingerprint density at radius 1 is 1.29 bits per heavy atom. The van der Waals surface area contributed by atoms with E-state index in [0.717, 1.165) is 6.33 Å². The third-order valence-corrected chi connectivity index (χ3v) is 2.82. The van der Waals surface area contributed by atoms with Crippen molar-refractivity contribution < 1.29 is 14.4 Å². The lowest BCUT2D eigenvalue weighted by Gasteiger charge is -2.19. The standard InChI is InChI=1S/C12H10N4O5/c17-12-10(16(18)19)11(13-6-14-12)15-7-1-2-8-9(5-7)21-4-3-20-8/h1-2,5-6H,3-4H2,(H2,13,14,15,17). The van der Waals surface area contributed by atoms with Gasteiger partial charge in [0.15, 0.2) is 11.5 Å². The average Bonchev–Trinajstić information content (AvgIpc) is 2.47. The van der Waals surface area contributed by atoms with E-state index in [1.807, 2.05) is 0 Å². The minimum absolute atomic E-state index is 0.138. The summed E-state index contributed by atoms with van der Waals surface area (Å²) in [6, 6.07) is 4.96. The Bertz CT molecular complexity index is 758. The Labute approximate surface area is 117 Å². The van der Waals surface area contributed by atoms with Crippen molar-refractivity contribution in [3.8, 4) is 11.5 Å². The van der Waals surface area contributed by atoms with Gasteiger partial charge >= 0.3 is 11.2 Å². The van der Waals surface area contributed by atoms with Crippen LogP contribution in [0, 0.1) is 10.1 Å². The fourth-order valence-corrected chi connectivity index (χ4v) is 1.91. The number of aromatic amines is 1. The van der Waals surface area contributed by atoms with E-state index in [9.17, 15) is 14.9 Å². The van der Waals surface area contributed by atoms with E-state index in [0.29, 0.717) is 30.4 Å². The van der Waals surface area contributed by atoms with Crippen molar-refractivity contribution in [2.75, 3.05) is 18.5 Å². The van der Waals surface area contributed by atoms with Crippen LogP contribution in [-0.4, -0.2) is 28.1 Å². The highest BCUT2D eigenvalue weighted by Gasteiger charge is 2.21. The van der Waals surface area contributed by atoms with Gasteiger partial charge in [-0.05, 0) is 12.1 Å². The van der Waals surface area contributed by atoms with Gasteiger partial charge in [-0.15, -0.1) is 0 Å². The molecular weight excluding hydrogens is 280 g/mol. The Kier molecular flexibility index (Phi) is 3.14. The molecule has 108 valence electrons. The molecule has 0 saturated carbocycles. The fourth-order valence-electron chi connectivity index (χ4n) is 1.91. The molecule has 1 aliphatic rings. The van der Waals surface area contributed by atoms with E-state index in [4.69, 9.17) is 9.47 Å². The summed E-state index contributed by atoms with van der Waals surface area (Å²) >= 11 is 0. The number of benzene rings is 1. The van der Waals surface area contributed by atoms with Crippen LogP contribution in [0.15, 0.2) is 29.3 Å². The molecule has 0 amide bonds. The maximum absolute atomic E-state index is 11.5. The number of rotatable bonds is 3. The van der Waals surface area contributed by atoms with E-state index in [-0.39, 0.29) is 5.82 Å². The topological polar surface area (TPSA) is 119 Å². The van der Waals surface area contributed by atoms with Crippen LogP contribution in [0.3, 0.4) is 0 Å². The molecule has 0 saturated heterocycles. The van der Waals surface area contributed by atoms with E-state index in [2.05, 4.69) is 15.3 Å². The number of hydrogen-bond donors (Lipinski definition) is 2. The van der Waals surface area contributed by atoms with E-state index in [1.54, 1.807) is 18.2 Å². The SMILES string of the molecule is O=c1[nH]cnc(Nc2ccc3c(c2)OCCO3)c1[N+](=O)[O-]. The highest BCUT2D eigenvalue weighted by atomic mass is 16.6. The molecule has 1 aromatic heterocycles. The summed E-state index contributed by atoms with van der Waals surface area (Å²) in [5, 5.41) is 13.7. The Balaban J connectivity index is 1.96. The van der Waals surface area contributed by atoms with E-state index < -0.39 is 16.2 Å². The molecule has 0 spiro atoms. The predicted octanol–water partition coefficient (Wildman–Crippen LogP) is 1.19. The molecule has 21 heavy (non-hydrogen) atoms. The quantitative estimate of drug-likeness (QED) is 0.643. The second kappa shape index (κ2) is 5.12. The van der Waals surface area contributed by atoms with Crippen LogP contribution < -0.4 is 20.3 Å². The van der Waals surface area contributed by atoms with Crippen LogP contribution in [0.5, 0.6) is 11.5 Å². The van der Waals surface area contributed by atoms with Crippen LogP contribution >= 0.6 is 0 Å². The first-order chi connectivity index (χ1) is 10.1. The van der Waals surface area contributed by atoms with Crippen molar-refractivity contribution in [2.45, 2.75) is 0 Å². The zero-order valence-electron chi connectivity index (χ0n) is 10.7. The second-order valence-electron chi connectivity index (χ2n) is 4.17. The lowest BCUT2D eigenvalue weighted by atomic mass is 10.2. The lowest BCUT2D eigenvalue weighted by molar-refractivity contribution is -0.385. The maximum Gasteiger partial charge on any atom is 0.376 e. The zero-order valence-corrected chi connectivity index (χ0v) is 10.7. The zero-order chi connectivity index (χ0) is 14.8. The Morgan fingerprint density at radius 2 is 2.05 bits per heavy atom. The van der Waals surface area contributed by atoms with Gasteiger partial charge in [-0.2, -0.15) is 0 Å². The summed E-state index contributed by atoms with van der Waals surface area (Å²) in [4.78, 5) is 27.6. The van der Waals surface area contributed by atoms with Crippen molar-refractivity contribution in [3.05, 3.63) is 45.0 Å². The van der Waals surface area contributed by atoms with Gasteiger partial charge in [0.05, 0.1) is 11.3 Å². The van der Waals surface area contributed by atoms with Crippen molar-refractivity contribution >= 4 is 17.2 Å². The first kappa shape index (κ1) is 12.9. The van der Waals surface area contributed by atoms with E-state index >= 15 is 0 Å². The highest BCUT2D eigenvalue weighted by Crippen LogP contribution is 2.34. The van der Waals surface area contributed by atoms with Gasteiger partial charge in [-0.1, -0.05) is 0 Å². The third kappa shape index (κ3) is 2.48. The predicted molar refractivity (Wildman–Crippen MR) is 72.2 cm³/mol. The molecule has 9 nitrogen and oxygen atoms in total. The molecule has 0 fully saturated rings. The van der Waals surface area contributed by atoms with Crippen molar-refractivity contribution in [2.24, 2.45) is 0 Å². The fraction of sp³-hybridized carbons (Fsp3) is 0.167. The van der Waals surface area contributed by atoms with Crippen LogP contribution in [-0.2, 0) is 0 Å². The Morgan fingerprint density at radius 3 is 2.81 bits per heavy atom. The summed E-state index contributed by atoms with van der Waals surface area (Å²) in [5.74, 6) is 0.985. The number of aromatic nitrogens is 2. The van der Waals surface area contributed by atoms with Crippen LogP contribution in [0.25, 0.3) is 0 Å². The number of fused-ring (bicyclic) bond motifs is 1. The monoisotopic (exact) mass is 290 g/mol. The highest BCUT2D eigenvalue weighted by molar-refractivity contribution is 5.66. The molecule has 0 radical (unpaired) electrons. The molecule has 2 heterocycles. The van der Waals surface area contributed by atoms with Gasteiger partial charge in [-0.3, -0.25) is 14.9 Å².